The van der Waals surface area contributed by atoms with Crippen molar-refractivity contribution in [1.82, 2.24) is 0 Å². The summed E-state index contributed by atoms with van der Waals surface area (Å²) in [6.45, 7) is 0. The quantitative estimate of drug-likeness (QED) is 0.273. The number of para-hydroxylation sites is 1. The van der Waals surface area contributed by atoms with Crippen molar-refractivity contribution >= 4 is 11.9 Å². The van der Waals surface area contributed by atoms with Crippen LogP contribution in [0.15, 0.2) is 109 Å². The summed E-state index contributed by atoms with van der Waals surface area (Å²) in [5.74, 6) is -3.43. The molecule has 0 bridgehead atoms. The molecule has 0 amide bonds. The van der Waals surface area contributed by atoms with Gasteiger partial charge in [-0.1, -0.05) is 91.0 Å². The van der Waals surface area contributed by atoms with Crippen LogP contribution in [-0.4, -0.2) is 17.0 Å². The molecule has 4 aromatic carbocycles. The zero-order valence-electron chi connectivity index (χ0n) is 19.3. The summed E-state index contributed by atoms with van der Waals surface area (Å²) in [7, 11) is 0. The molecule has 0 radical (unpaired) electrons. The van der Waals surface area contributed by atoms with E-state index in [0.717, 1.165) is 22.3 Å². The first-order valence-electron chi connectivity index (χ1n) is 11.7. The fourth-order valence-electron chi connectivity index (χ4n) is 5.22. The molecule has 1 fully saturated rings. The predicted molar refractivity (Wildman–Crippen MR) is 135 cm³/mol. The minimum atomic E-state index is -0.931. The van der Waals surface area contributed by atoms with Crippen molar-refractivity contribution in [3.8, 4) is 22.9 Å². The van der Waals surface area contributed by atoms with E-state index in [4.69, 9.17) is 10.00 Å². The molecule has 4 aromatic rings. The monoisotopic (exact) mass is 473 g/mol. The molecule has 4 atom stereocenters. The van der Waals surface area contributed by atoms with Crippen LogP contribution in [0.25, 0.3) is 11.1 Å². The van der Waals surface area contributed by atoms with Gasteiger partial charge in [0.1, 0.15) is 5.75 Å². The molecule has 36 heavy (non-hydrogen) atoms. The number of esters is 1. The summed E-state index contributed by atoms with van der Waals surface area (Å²) in [4.78, 5) is 26.1. The topological polar surface area (TPSA) is 87.4 Å². The summed E-state index contributed by atoms with van der Waals surface area (Å²) < 4.78 is 6.00. The maximum absolute atomic E-state index is 13.8. The first-order chi connectivity index (χ1) is 17.6. The molecule has 0 aliphatic heterocycles. The number of hydrogen-bond acceptors (Lipinski definition) is 4. The van der Waals surface area contributed by atoms with E-state index < -0.39 is 35.6 Å². The van der Waals surface area contributed by atoms with E-state index in [1.807, 2.05) is 84.9 Å². The lowest BCUT2D eigenvalue weighted by Gasteiger charge is -2.49. The average molecular weight is 474 g/mol. The van der Waals surface area contributed by atoms with Crippen LogP contribution in [0.2, 0.25) is 0 Å². The van der Waals surface area contributed by atoms with Gasteiger partial charge in [0.25, 0.3) is 0 Å². The number of nitriles is 1. The molecule has 1 aliphatic rings. The summed E-state index contributed by atoms with van der Waals surface area (Å²) in [6, 6.07) is 35.0. The summed E-state index contributed by atoms with van der Waals surface area (Å²) in [5, 5.41) is 19.3. The Hall–Kier alpha value is -4.69. The fourth-order valence-corrected chi connectivity index (χ4v) is 5.22. The number of carboxylic acid groups (broad SMARTS) is 1. The normalized spacial score (nSPS) is 20.5. The maximum Gasteiger partial charge on any atom is 0.315 e. The highest BCUT2D eigenvalue weighted by molar-refractivity contribution is 5.87. The first-order valence-corrected chi connectivity index (χ1v) is 11.7. The SMILES string of the molecule is N#Cc1ccc(-c2ccccc2OC(=O)[C@@H]2C(c3ccccc3)C(C(=O)O)[C@H]2c2ccccc2)cc1. The van der Waals surface area contributed by atoms with Crippen molar-refractivity contribution in [2.24, 2.45) is 11.8 Å². The molecule has 5 nitrogen and oxygen atoms in total. The molecule has 2 unspecified atom stereocenters. The number of aliphatic carboxylic acids is 1. The third kappa shape index (κ3) is 4.25. The maximum atomic E-state index is 13.8. The standard InChI is InChI=1S/C31H23NO4/c32-19-20-15-17-21(18-16-20)24-13-7-8-14-25(24)36-31(35)29-26(22-9-3-1-4-10-22)28(30(33)34)27(29)23-11-5-2-6-12-23/h1-18,26-29H,(H,33,34)/t26-,27?,28?,29+/m1/s1. The number of ether oxygens (including phenoxy) is 1. The number of carboxylic acids is 1. The molecule has 0 aromatic heterocycles. The molecule has 1 aliphatic carbocycles. The fraction of sp³-hybridized carbons (Fsp3) is 0.129. The Morgan fingerprint density at radius 3 is 1.75 bits per heavy atom. The minimum absolute atomic E-state index is 0.393. The van der Waals surface area contributed by atoms with E-state index in [1.165, 1.54) is 0 Å². The zero-order valence-corrected chi connectivity index (χ0v) is 19.3. The number of benzene rings is 4. The van der Waals surface area contributed by atoms with E-state index in [0.29, 0.717) is 11.3 Å². The van der Waals surface area contributed by atoms with Crippen LogP contribution in [0.3, 0.4) is 0 Å². The molecule has 5 heteroatoms. The predicted octanol–water partition coefficient (Wildman–Crippen LogP) is 6.03. The second-order valence-electron chi connectivity index (χ2n) is 8.87. The van der Waals surface area contributed by atoms with E-state index >= 15 is 0 Å². The highest BCUT2D eigenvalue weighted by atomic mass is 16.5. The van der Waals surface area contributed by atoms with E-state index in [2.05, 4.69) is 6.07 Å². The molecule has 0 spiro atoms. The van der Waals surface area contributed by atoms with Crippen molar-refractivity contribution in [1.29, 1.82) is 5.26 Å². The van der Waals surface area contributed by atoms with Crippen LogP contribution in [0.4, 0.5) is 0 Å². The number of hydrogen-bond donors (Lipinski definition) is 1. The van der Waals surface area contributed by atoms with Crippen molar-refractivity contribution in [2.45, 2.75) is 11.8 Å². The zero-order chi connectivity index (χ0) is 25.1. The Kier molecular flexibility index (Phi) is 6.34. The Labute approximate surface area is 209 Å². The summed E-state index contributed by atoms with van der Waals surface area (Å²) >= 11 is 0. The van der Waals surface area contributed by atoms with E-state index in [-0.39, 0.29) is 0 Å². The van der Waals surface area contributed by atoms with Crippen molar-refractivity contribution in [2.75, 3.05) is 0 Å². The van der Waals surface area contributed by atoms with Crippen LogP contribution in [0.1, 0.15) is 28.5 Å². The van der Waals surface area contributed by atoms with Crippen molar-refractivity contribution < 1.29 is 19.4 Å². The van der Waals surface area contributed by atoms with Gasteiger partial charge in [0.15, 0.2) is 0 Å². The molecule has 176 valence electrons. The minimum Gasteiger partial charge on any atom is -0.481 e. The Morgan fingerprint density at radius 1 is 0.694 bits per heavy atom. The number of carbonyl (C=O) groups excluding carboxylic acids is 1. The molecule has 5 rings (SSSR count). The van der Waals surface area contributed by atoms with Gasteiger partial charge in [0, 0.05) is 17.4 Å². The van der Waals surface area contributed by atoms with Gasteiger partial charge in [-0.05, 0) is 34.9 Å². The average Bonchev–Trinajstić information content (AvgIpc) is 2.89. The van der Waals surface area contributed by atoms with E-state index in [9.17, 15) is 14.7 Å². The Morgan fingerprint density at radius 2 is 1.22 bits per heavy atom. The van der Waals surface area contributed by atoms with Crippen molar-refractivity contribution in [3.05, 3.63) is 126 Å². The lowest BCUT2D eigenvalue weighted by molar-refractivity contribution is -0.158. The number of rotatable bonds is 6. The van der Waals surface area contributed by atoms with Crippen molar-refractivity contribution in [3.63, 3.8) is 0 Å². The summed E-state index contributed by atoms with van der Waals surface area (Å²) in [5.41, 5.74) is 3.68. The lowest BCUT2D eigenvalue weighted by atomic mass is 9.52. The van der Waals surface area contributed by atoms with Gasteiger partial charge in [0.05, 0.1) is 23.5 Å². The van der Waals surface area contributed by atoms with E-state index in [1.54, 1.807) is 24.3 Å². The van der Waals surface area contributed by atoms with Crippen LogP contribution in [-0.2, 0) is 9.59 Å². The van der Waals surface area contributed by atoms with Crippen LogP contribution in [0, 0.1) is 23.2 Å². The van der Waals surface area contributed by atoms with Gasteiger partial charge < -0.3 is 9.84 Å². The second kappa shape index (κ2) is 9.89. The van der Waals surface area contributed by atoms with Crippen LogP contribution in [0.5, 0.6) is 5.75 Å². The Bertz CT molecular complexity index is 1380. The largest absolute Gasteiger partial charge is 0.481 e. The molecular formula is C31H23NO4. The van der Waals surface area contributed by atoms with Gasteiger partial charge in [0.2, 0.25) is 0 Å². The molecule has 1 N–H and O–H groups in total. The van der Waals surface area contributed by atoms with Gasteiger partial charge in [-0.15, -0.1) is 0 Å². The highest BCUT2D eigenvalue weighted by Gasteiger charge is 2.59. The van der Waals surface area contributed by atoms with Crippen LogP contribution >= 0.6 is 0 Å². The van der Waals surface area contributed by atoms with Gasteiger partial charge in [-0.3, -0.25) is 9.59 Å². The Balaban J connectivity index is 1.52. The molecular weight excluding hydrogens is 450 g/mol. The van der Waals surface area contributed by atoms with Gasteiger partial charge in [-0.2, -0.15) is 5.26 Å². The molecule has 0 saturated heterocycles. The molecule has 0 heterocycles. The molecule has 1 saturated carbocycles. The number of carbonyl (C=O) groups is 2. The smallest absolute Gasteiger partial charge is 0.315 e. The first kappa shape index (κ1) is 23.1. The van der Waals surface area contributed by atoms with Gasteiger partial charge >= 0.3 is 11.9 Å². The number of nitrogens with zero attached hydrogens (tertiary/aromatic N) is 1. The van der Waals surface area contributed by atoms with Gasteiger partial charge in [-0.25, -0.2) is 0 Å². The van der Waals surface area contributed by atoms with Crippen LogP contribution < -0.4 is 4.74 Å². The highest BCUT2D eigenvalue weighted by Crippen LogP contribution is 2.58. The summed E-state index contributed by atoms with van der Waals surface area (Å²) in [6.07, 6.45) is 0. The second-order valence-corrected chi connectivity index (χ2v) is 8.87. The lowest BCUT2D eigenvalue weighted by Crippen LogP contribution is -2.52. The third-order valence-electron chi connectivity index (χ3n) is 6.90. The third-order valence-corrected chi connectivity index (χ3v) is 6.90.